The molecular weight excluding hydrogens is 607 g/mol. The van der Waals surface area contributed by atoms with E-state index in [2.05, 4.69) is 185 Å². The van der Waals surface area contributed by atoms with Gasteiger partial charge in [-0.2, -0.15) is 0 Å². The number of para-hydroxylation sites is 1. The van der Waals surface area contributed by atoms with Gasteiger partial charge in [0, 0.05) is 33.1 Å². The minimum absolute atomic E-state index is 0.942. The lowest BCUT2D eigenvalue weighted by Crippen LogP contribution is -1.98. The summed E-state index contributed by atoms with van der Waals surface area (Å²) in [5, 5.41) is 12.5. The molecular formula is C47H29N3. The van der Waals surface area contributed by atoms with Gasteiger partial charge in [0.25, 0.3) is 0 Å². The molecule has 9 aromatic carbocycles. The maximum Gasteiger partial charge on any atom is 0.145 e. The van der Waals surface area contributed by atoms with Gasteiger partial charge < -0.3 is 4.57 Å². The SMILES string of the molecule is c1ccc(-c2nc3ccc4ccc5cc(-n6c7ccc8ccccc8c7c7c8ccccc8ccc76)ccc5c4c3n2-c2ccccc2)cc1. The molecule has 0 spiro atoms. The van der Waals surface area contributed by atoms with Crippen LogP contribution in [0.3, 0.4) is 0 Å². The Balaban J connectivity index is 1.23. The summed E-state index contributed by atoms with van der Waals surface area (Å²) in [6.45, 7) is 0. The second kappa shape index (κ2) is 10.4. The minimum atomic E-state index is 0.942. The van der Waals surface area contributed by atoms with Crippen molar-refractivity contribution in [3.8, 4) is 22.8 Å². The molecule has 0 aliphatic rings. The molecule has 3 nitrogen and oxygen atoms in total. The van der Waals surface area contributed by atoms with E-state index >= 15 is 0 Å². The van der Waals surface area contributed by atoms with Crippen molar-refractivity contribution in [1.29, 1.82) is 0 Å². The first-order chi connectivity index (χ1) is 24.8. The molecule has 232 valence electrons. The summed E-state index contributed by atoms with van der Waals surface area (Å²) < 4.78 is 4.79. The van der Waals surface area contributed by atoms with Crippen LogP contribution >= 0.6 is 0 Å². The van der Waals surface area contributed by atoms with Gasteiger partial charge in [-0.1, -0.05) is 133 Å². The van der Waals surface area contributed by atoms with Crippen LogP contribution in [0, 0.1) is 0 Å². The molecule has 0 N–H and O–H groups in total. The lowest BCUT2D eigenvalue weighted by molar-refractivity contribution is 1.11. The van der Waals surface area contributed by atoms with Crippen molar-refractivity contribution in [1.82, 2.24) is 14.1 Å². The van der Waals surface area contributed by atoms with Gasteiger partial charge in [0.05, 0.1) is 22.1 Å². The lowest BCUT2D eigenvalue weighted by Gasteiger charge is -2.14. The number of aromatic nitrogens is 3. The molecule has 0 aliphatic heterocycles. The summed E-state index contributed by atoms with van der Waals surface area (Å²) in [6.07, 6.45) is 0. The zero-order chi connectivity index (χ0) is 32.8. The second-order valence-corrected chi connectivity index (χ2v) is 13.2. The molecule has 0 bridgehead atoms. The minimum Gasteiger partial charge on any atom is -0.309 e. The Morgan fingerprint density at radius 2 is 0.920 bits per heavy atom. The number of nitrogens with zero attached hydrogens (tertiary/aromatic N) is 3. The average molecular weight is 636 g/mol. The molecule has 3 heteroatoms. The fourth-order valence-electron chi connectivity index (χ4n) is 8.27. The number of hydrogen-bond acceptors (Lipinski definition) is 1. The van der Waals surface area contributed by atoms with Crippen LogP contribution in [0.2, 0.25) is 0 Å². The third kappa shape index (κ3) is 3.83. The van der Waals surface area contributed by atoms with Gasteiger partial charge in [0.2, 0.25) is 0 Å². The van der Waals surface area contributed by atoms with Gasteiger partial charge in [-0.15, -0.1) is 0 Å². The molecule has 0 unspecified atom stereocenters. The van der Waals surface area contributed by atoms with E-state index in [9.17, 15) is 0 Å². The van der Waals surface area contributed by atoms with Gasteiger partial charge in [-0.3, -0.25) is 4.57 Å². The Morgan fingerprint density at radius 3 is 1.62 bits per heavy atom. The van der Waals surface area contributed by atoms with Gasteiger partial charge in [-0.25, -0.2) is 4.98 Å². The molecule has 11 rings (SSSR count). The fraction of sp³-hybridized carbons (Fsp3) is 0. The zero-order valence-corrected chi connectivity index (χ0v) is 27.1. The Morgan fingerprint density at radius 1 is 0.360 bits per heavy atom. The predicted molar refractivity (Wildman–Crippen MR) is 211 cm³/mol. The highest BCUT2D eigenvalue weighted by molar-refractivity contribution is 6.28. The smallest absolute Gasteiger partial charge is 0.145 e. The fourth-order valence-corrected chi connectivity index (χ4v) is 8.27. The van der Waals surface area contributed by atoms with Crippen molar-refractivity contribution in [3.05, 3.63) is 176 Å². The van der Waals surface area contributed by atoms with Crippen LogP contribution in [0.25, 0.3) is 98.7 Å². The first-order valence-electron chi connectivity index (χ1n) is 17.1. The van der Waals surface area contributed by atoms with Crippen LogP contribution in [-0.4, -0.2) is 14.1 Å². The summed E-state index contributed by atoms with van der Waals surface area (Å²) >= 11 is 0. The largest absolute Gasteiger partial charge is 0.309 e. The summed E-state index contributed by atoms with van der Waals surface area (Å²) in [5.41, 5.74) is 7.88. The first kappa shape index (κ1) is 27.3. The maximum atomic E-state index is 5.25. The van der Waals surface area contributed by atoms with E-state index in [-0.39, 0.29) is 0 Å². The quantitative estimate of drug-likeness (QED) is 0.177. The summed E-state index contributed by atoms with van der Waals surface area (Å²) in [4.78, 5) is 5.25. The Kier molecular flexibility index (Phi) is 5.67. The van der Waals surface area contributed by atoms with Crippen LogP contribution in [0.4, 0.5) is 0 Å². The van der Waals surface area contributed by atoms with Crippen molar-refractivity contribution in [2.45, 2.75) is 0 Å². The number of imidazole rings is 1. The molecule has 0 amide bonds. The normalized spacial score (nSPS) is 12.0. The topological polar surface area (TPSA) is 22.8 Å². The molecule has 2 heterocycles. The Bertz CT molecular complexity index is 3040. The highest BCUT2D eigenvalue weighted by Gasteiger charge is 2.20. The van der Waals surface area contributed by atoms with E-state index in [4.69, 9.17) is 4.98 Å². The van der Waals surface area contributed by atoms with E-state index in [1.54, 1.807) is 0 Å². The van der Waals surface area contributed by atoms with Crippen molar-refractivity contribution in [3.63, 3.8) is 0 Å². The van der Waals surface area contributed by atoms with E-state index in [0.717, 1.165) is 33.8 Å². The highest BCUT2D eigenvalue weighted by Crippen LogP contribution is 2.42. The summed E-state index contributed by atoms with van der Waals surface area (Å²) in [7, 11) is 0. The van der Waals surface area contributed by atoms with Crippen molar-refractivity contribution >= 4 is 75.9 Å². The molecule has 0 fully saturated rings. The standard InChI is InChI=1S/C47H29N3/c1-3-13-33(14-4-1)47-48-40-26-21-32-19-20-34-29-36(24-25-39(34)43(32)46(40)50(47)35-15-5-2-6-16-35)49-41-27-22-30-11-7-9-17-37(30)44(41)45-38-18-10-8-12-31(38)23-28-42(45)49/h1-29H. The molecule has 0 saturated heterocycles. The monoisotopic (exact) mass is 635 g/mol. The third-order valence-corrected chi connectivity index (χ3v) is 10.4. The Labute approximate surface area is 287 Å². The van der Waals surface area contributed by atoms with Crippen molar-refractivity contribution in [2.75, 3.05) is 0 Å². The number of fused-ring (bicyclic) bond motifs is 12. The highest BCUT2D eigenvalue weighted by atomic mass is 15.1. The molecule has 0 radical (unpaired) electrons. The summed E-state index contributed by atoms with van der Waals surface area (Å²) in [5.74, 6) is 0.942. The molecule has 0 atom stereocenters. The predicted octanol–water partition coefficient (Wildman–Crippen LogP) is 12.4. The van der Waals surface area contributed by atoms with Crippen LogP contribution < -0.4 is 0 Å². The summed E-state index contributed by atoms with van der Waals surface area (Å²) in [6, 6.07) is 63.6. The van der Waals surface area contributed by atoms with Crippen LogP contribution in [-0.2, 0) is 0 Å². The van der Waals surface area contributed by atoms with Gasteiger partial charge >= 0.3 is 0 Å². The molecule has 11 aromatic rings. The molecule has 50 heavy (non-hydrogen) atoms. The lowest BCUT2D eigenvalue weighted by atomic mass is 10.00. The van der Waals surface area contributed by atoms with Crippen LogP contribution in [0.1, 0.15) is 0 Å². The Hall–Kier alpha value is -6.71. The van der Waals surface area contributed by atoms with Gasteiger partial charge in [0.1, 0.15) is 5.82 Å². The van der Waals surface area contributed by atoms with Crippen molar-refractivity contribution in [2.24, 2.45) is 0 Å². The third-order valence-electron chi connectivity index (χ3n) is 10.4. The number of hydrogen-bond donors (Lipinski definition) is 0. The van der Waals surface area contributed by atoms with Crippen LogP contribution in [0.15, 0.2) is 176 Å². The number of benzene rings is 9. The van der Waals surface area contributed by atoms with E-state index in [1.807, 2.05) is 0 Å². The zero-order valence-electron chi connectivity index (χ0n) is 27.1. The van der Waals surface area contributed by atoms with E-state index < -0.39 is 0 Å². The molecule has 2 aromatic heterocycles. The molecule has 0 aliphatic carbocycles. The number of rotatable bonds is 3. The maximum absolute atomic E-state index is 5.25. The first-order valence-corrected chi connectivity index (χ1v) is 17.1. The second-order valence-electron chi connectivity index (χ2n) is 13.2. The van der Waals surface area contributed by atoms with E-state index in [1.165, 1.54) is 64.9 Å². The molecule has 0 saturated carbocycles. The van der Waals surface area contributed by atoms with Crippen LogP contribution in [0.5, 0.6) is 0 Å². The van der Waals surface area contributed by atoms with E-state index in [0.29, 0.717) is 0 Å². The average Bonchev–Trinajstić information content (AvgIpc) is 3.75. The van der Waals surface area contributed by atoms with Gasteiger partial charge in [-0.05, 0) is 80.2 Å². The van der Waals surface area contributed by atoms with Gasteiger partial charge in [0.15, 0.2) is 0 Å². The van der Waals surface area contributed by atoms with Crippen molar-refractivity contribution < 1.29 is 0 Å².